The predicted octanol–water partition coefficient (Wildman–Crippen LogP) is 2.64. The molecule has 0 heterocycles. The van der Waals surface area contributed by atoms with Gasteiger partial charge in [-0.25, -0.2) is 4.79 Å². The van der Waals surface area contributed by atoms with Crippen LogP contribution in [0.3, 0.4) is 0 Å². The highest BCUT2D eigenvalue weighted by atomic mass is 32.2. The highest BCUT2D eigenvalue weighted by Crippen LogP contribution is 2.14. The molecule has 0 saturated heterocycles. The van der Waals surface area contributed by atoms with Crippen molar-refractivity contribution in [3.05, 3.63) is 65.7 Å². The number of nitrogens with one attached hydrogen (secondary N) is 2. The zero-order valence-electron chi connectivity index (χ0n) is 13.6. The summed E-state index contributed by atoms with van der Waals surface area (Å²) < 4.78 is 12.3. The largest absolute Gasteiger partial charge is 0.394 e. The van der Waals surface area contributed by atoms with Crippen molar-refractivity contribution in [1.82, 2.24) is 5.32 Å². The molecule has 0 aromatic heterocycles. The van der Waals surface area contributed by atoms with Gasteiger partial charge < -0.3 is 15.7 Å². The number of carbonyl (C=O) groups is 1. The smallest absolute Gasteiger partial charge is 0.319 e. The molecule has 2 atom stereocenters. The van der Waals surface area contributed by atoms with Crippen molar-refractivity contribution in [3.8, 4) is 0 Å². The van der Waals surface area contributed by atoms with E-state index in [4.69, 9.17) is 5.11 Å². The summed E-state index contributed by atoms with van der Waals surface area (Å²) in [6, 6.07) is 16.3. The van der Waals surface area contributed by atoms with Gasteiger partial charge in [-0.1, -0.05) is 42.5 Å². The lowest BCUT2D eigenvalue weighted by atomic mass is 10.2. The fraction of sp³-hybridized carbons (Fsp3) is 0.278. The number of benzene rings is 2. The molecule has 0 aliphatic rings. The van der Waals surface area contributed by atoms with Crippen molar-refractivity contribution in [2.45, 2.75) is 24.5 Å². The summed E-state index contributed by atoms with van der Waals surface area (Å²) >= 11 is 0. The van der Waals surface area contributed by atoms with E-state index in [0.29, 0.717) is 17.2 Å². The standard InChI is InChI=1S/C18H22N2O3S/c1-14(11-21)19-18(22)20-17-9-5-8-16(10-17)13-24(23)12-15-6-3-2-4-7-15/h2-10,14,21H,11-13H2,1H3,(H2,19,20,22)/t14-,24?/m0/s1. The average Bonchev–Trinajstić information content (AvgIpc) is 2.55. The van der Waals surface area contributed by atoms with Crippen molar-refractivity contribution in [2.24, 2.45) is 0 Å². The van der Waals surface area contributed by atoms with E-state index in [-0.39, 0.29) is 18.7 Å². The van der Waals surface area contributed by atoms with E-state index in [1.165, 1.54) is 0 Å². The molecule has 0 spiro atoms. The van der Waals surface area contributed by atoms with Crippen molar-refractivity contribution >= 4 is 22.5 Å². The number of amides is 2. The van der Waals surface area contributed by atoms with Crippen LogP contribution in [0.25, 0.3) is 0 Å². The normalized spacial score (nSPS) is 13.1. The van der Waals surface area contributed by atoms with E-state index in [1.807, 2.05) is 48.5 Å². The predicted molar refractivity (Wildman–Crippen MR) is 97.1 cm³/mol. The van der Waals surface area contributed by atoms with Crippen LogP contribution >= 0.6 is 0 Å². The van der Waals surface area contributed by atoms with Crippen LogP contribution in [0.15, 0.2) is 54.6 Å². The first kappa shape index (κ1) is 18.2. The van der Waals surface area contributed by atoms with Gasteiger partial charge in [-0.15, -0.1) is 0 Å². The van der Waals surface area contributed by atoms with Crippen LogP contribution in [-0.2, 0) is 22.3 Å². The molecule has 0 radical (unpaired) electrons. The molecule has 2 aromatic carbocycles. The molecule has 3 N–H and O–H groups in total. The summed E-state index contributed by atoms with van der Waals surface area (Å²) in [4.78, 5) is 11.8. The number of rotatable bonds is 7. The first-order valence-corrected chi connectivity index (χ1v) is 9.22. The number of hydrogen-bond donors (Lipinski definition) is 3. The Morgan fingerprint density at radius 1 is 1.08 bits per heavy atom. The summed E-state index contributed by atoms with van der Waals surface area (Å²) in [6.07, 6.45) is 0. The maximum absolute atomic E-state index is 12.3. The van der Waals surface area contributed by atoms with Gasteiger partial charge in [-0.3, -0.25) is 4.21 Å². The van der Waals surface area contributed by atoms with Crippen LogP contribution in [0.2, 0.25) is 0 Å². The molecule has 1 unspecified atom stereocenters. The van der Waals surface area contributed by atoms with E-state index >= 15 is 0 Å². The fourth-order valence-electron chi connectivity index (χ4n) is 2.17. The number of urea groups is 1. The Bertz CT molecular complexity index is 692. The van der Waals surface area contributed by atoms with Crippen LogP contribution < -0.4 is 10.6 Å². The molecule has 0 aliphatic carbocycles. The molecule has 0 saturated carbocycles. The molecule has 24 heavy (non-hydrogen) atoms. The second kappa shape index (κ2) is 9.20. The van der Waals surface area contributed by atoms with Crippen LogP contribution in [0.4, 0.5) is 10.5 Å². The molecule has 6 heteroatoms. The molecule has 5 nitrogen and oxygen atoms in total. The van der Waals surface area contributed by atoms with Gasteiger partial charge in [-0.2, -0.15) is 0 Å². The zero-order chi connectivity index (χ0) is 17.4. The van der Waals surface area contributed by atoms with Crippen LogP contribution in [0.1, 0.15) is 18.1 Å². The van der Waals surface area contributed by atoms with Crippen LogP contribution in [0, 0.1) is 0 Å². The first-order chi connectivity index (χ1) is 11.6. The Morgan fingerprint density at radius 2 is 1.75 bits per heavy atom. The number of aliphatic hydroxyl groups is 1. The van der Waals surface area contributed by atoms with Gasteiger partial charge in [0.2, 0.25) is 0 Å². The number of carbonyl (C=O) groups excluding carboxylic acids is 1. The van der Waals surface area contributed by atoms with E-state index in [0.717, 1.165) is 11.1 Å². The highest BCUT2D eigenvalue weighted by Gasteiger charge is 2.08. The summed E-state index contributed by atoms with van der Waals surface area (Å²) in [5.41, 5.74) is 2.58. The lowest BCUT2D eigenvalue weighted by Gasteiger charge is -2.12. The Morgan fingerprint density at radius 3 is 2.46 bits per heavy atom. The van der Waals surface area contributed by atoms with E-state index in [9.17, 15) is 9.00 Å². The highest BCUT2D eigenvalue weighted by molar-refractivity contribution is 7.83. The Labute approximate surface area is 144 Å². The molecular formula is C18H22N2O3S. The summed E-state index contributed by atoms with van der Waals surface area (Å²) in [6.45, 7) is 1.59. The Kier molecular flexibility index (Phi) is 6.96. The van der Waals surface area contributed by atoms with Gasteiger partial charge in [0.05, 0.1) is 12.6 Å². The Hall–Kier alpha value is -2.18. The quantitative estimate of drug-likeness (QED) is 0.721. The molecule has 2 amide bonds. The first-order valence-electron chi connectivity index (χ1n) is 7.73. The summed E-state index contributed by atoms with van der Waals surface area (Å²) in [5, 5.41) is 14.3. The third-order valence-electron chi connectivity index (χ3n) is 3.33. The zero-order valence-corrected chi connectivity index (χ0v) is 14.4. The minimum absolute atomic E-state index is 0.119. The van der Waals surface area contributed by atoms with E-state index < -0.39 is 10.8 Å². The SMILES string of the molecule is C[C@@H](CO)NC(=O)Nc1cccc(CS(=O)Cc2ccccc2)c1. The molecular weight excluding hydrogens is 324 g/mol. The topological polar surface area (TPSA) is 78.4 Å². The van der Waals surface area contributed by atoms with Gasteiger partial charge in [0.1, 0.15) is 0 Å². The maximum atomic E-state index is 12.3. The van der Waals surface area contributed by atoms with Gasteiger partial charge in [-0.05, 0) is 30.2 Å². The third-order valence-corrected chi connectivity index (χ3v) is 4.64. The monoisotopic (exact) mass is 346 g/mol. The van der Waals surface area contributed by atoms with Crippen molar-refractivity contribution < 1.29 is 14.1 Å². The van der Waals surface area contributed by atoms with Crippen molar-refractivity contribution in [2.75, 3.05) is 11.9 Å². The number of hydrogen-bond acceptors (Lipinski definition) is 3. The molecule has 2 aromatic rings. The van der Waals surface area contributed by atoms with Gasteiger partial charge in [0.25, 0.3) is 0 Å². The summed E-state index contributed by atoms with van der Waals surface area (Å²) in [7, 11) is -1.01. The van der Waals surface area contributed by atoms with Crippen LogP contribution in [-0.4, -0.2) is 28.0 Å². The van der Waals surface area contributed by atoms with E-state index in [2.05, 4.69) is 10.6 Å². The maximum Gasteiger partial charge on any atom is 0.319 e. The van der Waals surface area contributed by atoms with Crippen molar-refractivity contribution in [3.63, 3.8) is 0 Å². The van der Waals surface area contributed by atoms with Crippen molar-refractivity contribution in [1.29, 1.82) is 0 Å². The lowest BCUT2D eigenvalue weighted by molar-refractivity contribution is 0.229. The average molecular weight is 346 g/mol. The fourth-order valence-corrected chi connectivity index (χ4v) is 3.39. The second-order valence-electron chi connectivity index (χ2n) is 5.60. The van der Waals surface area contributed by atoms with Gasteiger partial charge in [0, 0.05) is 28.0 Å². The lowest BCUT2D eigenvalue weighted by Crippen LogP contribution is -2.38. The molecule has 0 aliphatic heterocycles. The molecule has 2 rings (SSSR count). The number of aliphatic hydroxyl groups excluding tert-OH is 1. The Balaban J connectivity index is 1.92. The van der Waals surface area contributed by atoms with E-state index in [1.54, 1.807) is 13.0 Å². The third kappa shape index (κ3) is 6.14. The minimum Gasteiger partial charge on any atom is -0.394 e. The minimum atomic E-state index is -1.01. The van der Waals surface area contributed by atoms with Crippen LogP contribution in [0.5, 0.6) is 0 Å². The number of anilines is 1. The molecule has 128 valence electrons. The molecule has 0 fully saturated rings. The van der Waals surface area contributed by atoms with Gasteiger partial charge in [0.15, 0.2) is 0 Å². The summed E-state index contributed by atoms with van der Waals surface area (Å²) in [5.74, 6) is 0.937. The molecule has 0 bridgehead atoms. The second-order valence-corrected chi connectivity index (χ2v) is 7.05. The van der Waals surface area contributed by atoms with Gasteiger partial charge >= 0.3 is 6.03 Å².